The van der Waals surface area contributed by atoms with Gasteiger partial charge < -0.3 is 4.74 Å². The van der Waals surface area contributed by atoms with Crippen LogP contribution < -0.4 is 10.1 Å². The van der Waals surface area contributed by atoms with Crippen molar-refractivity contribution in [3.05, 3.63) is 70.5 Å². The highest BCUT2D eigenvalue weighted by molar-refractivity contribution is 9.10. The Balaban J connectivity index is 1.68. The maximum Gasteiger partial charge on any atom is 0.229 e. The van der Waals surface area contributed by atoms with Crippen molar-refractivity contribution < 1.29 is 9.53 Å². The normalized spacial score (nSPS) is 16.2. The summed E-state index contributed by atoms with van der Waals surface area (Å²) in [5.41, 5.74) is 1.98. The molecule has 0 unspecified atom stereocenters. The zero-order valence-corrected chi connectivity index (χ0v) is 14.8. The van der Waals surface area contributed by atoms with Crippen LogP contribution in [0.5, 0.6) is 5.75 Å². The molecule has 4 rings (SSSR count). The summed E-state index contributed by atoms with van der Waals surface area (Å²) < 4.78 is 8.68. The first kappa shape index (κ1) is 15.8. The summed E-state index contributed by atoms with van der Waals surface area (Å²) in [6, 6.07) is 15.5. The SMILES string of the molecule is O=C1C[C@H](c2cc(Br)ccc2OCc2ccccc2)n2ncnc2N1. The summed E-state index contributed by atoms with van der Waals surface area (Å²) in [6.45, 7) is 0.457. The molecule has 3 aromatic rings. The third kappa shape index (κ3) is 3.28. The molecule has 1 aliphatic heterocycles. The number of amides is 1. The van der Waals surface area contributed by atoms with Crippen LogP contribution in [0.4, 0.5) is 5.95 Å². The number of hydrogen-bond acceptors (Lipinski definition) is 4. The van der Waals surface area contributed by atoms with Crippen molar-refractivity contribution in [1.29, 1.82) is 0 Å². The van der Waals surface area contributed by atoms with Crippen LogP contribution in [-0.2, 0) is 11.4 Å². The second-order valence-electron chi connectivity index (χ2n) is 5.75. The molecule has 0 bridgehead atoms. The molecule has 1 atom stereocenters. The number of carbonyl (C=O) groups excluding carboxylic acids is 1. The van der Waals surface area contributed by atoms with Gasteiger partial charge in [-0.05, 0) is 23.8 Å². The Morgan fingerprint density at radius 1 is 1.24 bits per heavy atom. The van der Waals surface area contributed by atoms with Gasteiger partial charge in [0.25, 0.3) is 0 Å². The van der Waals surface area contributed by atoms with E-state index in [-0.39, 0.29) is 18.4 Å². The molecule has 1 aromatic heterocycles. The predicted molar refractivity (Wildman–Crippen MR) is 96.3 cm³/mol. The molecule has 1 N–H and O–H groups in total. The van der Waals surface area contributed by atoms with Crippen LogP contribution in [0, 0.1) is 0 Å². The van der Waals surface area contributed by atoms with Gasteiger partial charge in [0.2, 0.25) is 11.9 Å². The number of anilines is 1. The maximum atomic E-state index is 12.0. The van der Waals surface area contributed by atoms with E-state index in [0.717, 1.165) is 21.3 Å². The van der Waals surface area contributed by atoms with Gasteiger partial charge in [-0.15, -0.1) is 0 Å². The first-order valence-corrected chi connectivity index (χ1v) is 8.65. The highest BCUT2D eigenvalue weighted by Crippen LogP contribution is 2.36. The average Bonchev–Trinajstić information content (AvgIpc) is 3.09. The van der Waals surface area contributed by atoms with E-state index in [4.69, 9.17) is 4.74 Å². The smallest absolute Gasteiger partial charge is 0.229 e. The van der Waals surface area contributed by atoms with Crippen LogP contribution in [0.2, 0.25) is 0 Å². The van der Waals surface area contributed by atoms with Gasteiger partial charge >= 0.3 is 0 Å². The lowest BCUT2D eigenvalue weighted by Crippen LogP contribution is -2.29. The minimum atomic E-state index is -0.255. The van der Waals surface area contributed by atoms with Crippen LogP contribution in [0.25, 0.3) is 0 Å². The van der Waals surface area contributed by atoms with Gasteiger partial charge in [-0.1, -0.05) is 46.3 Å². The van der Waals surface area contributed by atoms with Gasteiger partial charge in [-0.3, -0.25) is 10.1 Å². The molecule has 2 heterocycles. The van der Waals surface area contributed by atoms with E-state index in [1.807, 2.05) is 48.5 Å². The molecular weight excluding hydrogens is 384 g/mol. The Morgan fingerprint density at radius 2 is 2.08 bits per heavy atom. The lowest BCUT2D eigenvalue weighted by atomic mass is 10.0. The van der Waals surface area contributed by atoms with Crippen molar-refractivity contribution in [2.75, 3.05) is 5.32 Å². The number of nitrogens with one attached hydrogen (secondary N) is 1. The summed E-state index contributed by atoms with van der Waals surface area (Å²) >= 11 is 3.50. The number of nitrogens with zero attached hydrogens (tertiary/aromatic N) is 3. The number of aromatic nitrogens is 3. The highest BCUT2D eigenvalue weighted by atomic mass is 79.9. The molecule has 1 aliphatic rings. The molecule has 0 fully saturated rings. The van der Waals surface area contributed by atoms with Gasteiger partial charge in [-0.2, -0.15) is 10.1 Å². The van der Waals surface area contributed by atoms with Gasteiger partial charge in [0.1, 0.15) is 18.7 Å². The molecule has 6 nitrogen and oxygen atoms in total. The third-order valence-corrected chi connectivity index (χ3v) is 4.56. The Labute approximate surface area is 153 Å². The van der Waals surface area contributed by atoms with Gasteiger partial charge in [0.15, 0.2) is 0 Å². The fourth-order valence-corrected chi connectivity index (χ4v) is 3.27. The standard InChI is InChI=1S/C18H15BrN4O2/c19-13-6-7-16(25-10-12-4-2-1-3-5-12)14(8-13)15-9-17(24)22-18-20-11-21-23(15)18/h1-8,11,15H,9-10H2,(H,20,21,22,24)/t15-/m1/s1. The van der Waals surface area contributed by atoms with Crippen molar-refractivity contribution in [2.45, 2.75) is 19.1 Å². The number of halogens is 1. The van der Waals surface area contributed by atoms with E-state index in [1.165, 1.54) is 6.33 Å². The minimum Gasteiger partial charge on any atom is -0.489 e. The van der Waals surface area contributed by atoms with E-state index in [0.29, 0.717) is 12.6 Å². The zero-order valence-electron chi connectivity index (χ0n) is 13.2. The van der Waals surface area contributed by atoms with E-state index in [1.54, 1.807) is 4.68 Å². The highest BCUT2D eigenvalue weighted by Gasteiger charge is 2.30. The van der Waals surface area contributed by atoms with E-state index >= 15 is 0 Å². The van der Waals surface area contributed by atoms with Crippen molar-refractivity contribution in [2.24, 2.45) is 0 Å². The van der Waals surface area contributed by atoms with Crippen LogP contribution in [0.15, 0.2) is 59.3 Å². The lowest BCUT2D eigenvalue weighted by Gasteiger charge is -2.25. The molecule has 7 heteroatoms. The Hall–Kier alpha value is -2.67. The lowest BCUT2D eigenvalue weighted by molar-refractivity contribution is -0.117. The van der Waals surface area contributed by atoms with E-state index in [2.05, 4.69) is 31.3 Å². The molecular formula is C18H15BrN4O2. The largest absolute Gasteiger partial charge is 0.489 e. The van der Waals surface area contributed by atoms with Gasteiger partial charge in [0.05, 0.1) is 12.5 Å². The summed E-state index contributed by atoms with van der Waals surface area (Å²) in [7, 11) is 0. The van der Waals surface area contributed by atoms with Crippen LogP contribution in [0.3, 0.4) is 0 Å². The number of hydrogen-bond donors (Lipinski definition) is 1. The average molecular weight is 399 g/mol. The molecule has 126 valence electrons. The zero-order chi connectivity index (χ0) is 17.2. The molecule has 0 aliphatic carbocycles. The van der Waals surface area contributed by atoms with Gasteiger partial charge in [-0.25, -0.2) is 4.68 Å². The van der Waals surface area contributed by atoms with Crippen LogP contribution in [-0.4, -0.2) is 20.7 Å². The Kier molecular flexibility index (Phi) is 4.23. The quantitative estimate of drug-likeness (QED) is 0.729. The molecule has 2 aromatic carbocycles. The van der Waals surface area contributed by atoms with Gasteiger partial charge in [0, 0.05) is 10.0 Å². The first-order valence-electron chi connectivity index (χ1n) is 7.86. The molecule has 0 spiro atoms. The van der Waals surface area contributed by atoms with Crippen LogP contribution in [0.1, 0.15) is 23.6 Å². The maximum absolute atomic E-state index is 12.0. The fourth-order valence-electron chi connectivity index (χ4n) is 2.89. The Morgan fingerprint density at radius 3 is 2.92 bits per heavy atom. The summed E-state index contributed by atoms with van der Waals surface area (Å²) in [5.74, 6) is 1.10. The van der Waals surface area contributed by atoms with Crippen molar-refractivity contribution >= 4 is 27.8 Å². The number of carbonyl (C=O) groups is 1. The first-order chi connectivity index (χ1) is 12.2. The molecule has 25 heavy (non-hydrogen) atoms. The second kappa shape index (κ2) is 6.68. The monoisotopic (exact) mass is 398 g/mol. The number of rotatable bonds is 4. The Bertz CT molecular complexity index is 910. The van der Waals surface area contributed by atoms with Crippen molar-refractivity contribution in [1.82, 2.24) is 14.8 Å². The van der Waals surface area contributed by atoms with E-state index < -0.39 is 0 Å². The van der Waals surface area contributed by atoms with Crippen LogP contribution >= 0.6 is 15.9 Å². The topological polar surface area (TPSA) is 69.0 Å². The molecule has 0 saturated heterocycles. The number of benzene rings is 2. The summed E-state index contributed by atoms with van der Waals surface area (Å²) in [6.07, 6.45) is 1.73. The summed E-state index contributed by atoms with van der Waals surface area (Å²) in [5, 5.41) is 6.99. The number of fused-ring (bicyclic) bond motifs is 1. The molecule has 0 saturated carbocycles. The minimum absolute atomic E-state index is 0.0838. The molecule has 1 amide bonds. The second-order valence-corrected chi connectivity index (χ2v) is 6.67. The third-order valence-electron chi connectivity index (χ3n) is 4.07. The predicted octanol–water partition coefficient (Wildman–Crippen LogP) is 3.55. The fraction of sp³-hybridized carbons (Fsp3) is 0.167. The molecule has 0 radical (unpaired) electrons. The van der Waals surface area contributed by atoms with E-state index in [9.17, 15) is 4.79 Å². The summed E-state index contributed by atoms with van der Waals surface area (Å²) in [4.78, 5) is 16.1. The number of ether oxygens (including phenoxy) is 1. The van der Waals surface area contributed by atoms with Crippen molar-refractivity contribution in [3.8, 4) is 5.75 Å². The van der Waals surface area contributed by atoms with Crippen molar-refractivity contribution in [3.63, 3.8) is 0 Å².